The number of anilines is 1. The number of nitrogens with zero attached hydrogens (tertiary/aromatic N) is 1. The van der Waals surface area contributed by atoms with Crippen LogP contribution in [0.3, 0.4) is 0 Å². The normalized spacial score (nSPS) is 14.1. The van der Waals surface area contributed by atoms with E-state index in [-0.39, 0.29) is 18.5 Å². The third kappa shape index (κ3) is 3.60. The Balaban J connectivity index is 2.02. The quantitative estimate of drug-likeness (QED) is 0.794. The van der Waals surface area contributed by atoms with Crippen molar-refractivity contribution in [1.29, 1.82) is 0 Å². The van der Waals surface area contributed by atoms with E-state index in [1.165, 1.54) is 0 Å². The monoisotopic (exact) mass is 303 g/mol. The van der Waals surface area contributed by atoms with Gasteiger partial charge in [-0.3, -0.25) is 0 Å². The number of aliphatic hydroxyl groups is 1. The van der Waals surface area contributed by atoms with Crippen molar-refractivity contribution in [1.82, 2.24) is 9.88 Å². The van der Waals surface area contributed by atoms with E-state index in [0.717, 1.165) is 23.1 Å². The molecule has 5 heteroatoms. The van der Waals surface area contributed by atoms with Crippen molar-refractivity contribution >= 4 is 22.6 Å². The highest BCUT2D eigenvalue weighted by Gasteiger charge is 2.25. The van der Waals surface area contributed by atoms with Gasteiger partial charge < -0.3 is 20.3 Å². The first kappa shape index (κ1) is 16.4. The molecule has 0 aliphatic heterocycles. The van der Waals surface area contributed by atoms with E-state index in [1.54, 1.807) is 6.92 Å². The second kappa shape index (κ2) is 6.40. The van der Waals surface area contributed by atoms with Gasteiger partial charge in [-0.1, -0.05) is 19.9 Å². The van der Waals surface area contributed by atoms with Crippen molar-refractivity contribution in [2.24, 2.45) is 5.92 Å². The Bertz CT molecular complexity index is 659. The molecule has 0 bridgehead atoms. The lowest BCUT2D eigenvalue weighted by molar-refractivity contribution is 0.0170. The molecule has 120 valence electrons. The van der Waals surface area contributed by atoms with Crippen LogP contribution in [0.2, 0.25) is 0 Å². The molecule has 0 aliphatic rings. The van der Waals surface area contributed by atoms with Crippen LogP contribution in [-0.4, -0.2) is 27.9 Å². The summed E-state index contributed by atoms with van der Waals surface area (Å²) in [5.41, 5.74) is 0.912. The zero-order valence-electron chi connectivity index (χ0n) is 13.7. The van der Waals surface area contributed by atoms with Crippen molar-refractivity contribution in [3.63, 3.8) is 0 Å². The number of carbonyl (C=O) groups is 1. The molecule has 0 spiro atoms. The van der Waals surface area contributed by atoms with Crippen LogP contribution in [-0.2, 0) is 6.54 Å². The standard InChI is InChI=1S/C17H25N3O2/c1-5-20-9-8-13-6-7-14(10-15(13)20)19-16(21)18-11-17(4,22)12(2)3/h6-10,12,22H,5,11H2,1-4H3,(H2,18,19,21). The minimum Gasteiger partial charge on any atom is -0.388 e. The summed E-state index contributed by atoms with van der Waals surface area (Å²) in [6.45, 7) is 8.75. The fourth-order valence-corrected chi connectivity index (χ4v) is 2.18. The van der Waals surface area contributed by atoms with Gasteiger partial charge in [-0.25, -0.2) is 4.79 Å². The molecule has 0 saturated carbocycles. The third-order valence-electron chi connectivity index (χ3n) is 4.22. The number of amides is 2. The summed E-state index contributed by atoms with van der Waals surface area (Å²) < 4.78 is 2.13. The maximum Gasteiger partial charge on any atom is 0.319 e. The number of hydrogen-bond donors (Lipinski definition) is 3. The molecule has 1 aromatic carbocycles. The van der Waals surface area contributed by atoms with Gasteiger partial charge in [0.25, 0.3) is 0 Å². The van der Waals surface area contributed by atoms with Crippen molar-refractivity contribution in [3.8, 4) is 0 Å². The van der Waals surface area contributed by atoms with E-state index in [9.17, 15) is 9.90 Å². The predicted molar refractivity (Wildman–Crippen MR) is 90.1 cm³/mol. The molecule has 3 N–H and O–H groups in total. The molecule has 2 amide bonds. The minimum atomic E-state index is -0.918. The predicted octanol–water partition coefficient (Wildman–Crippen LogP) is 3.19. The number of aryl methyl sites for hydroxylation is 1. The Morgan fingerprint density at radius 2 is 2.09 bits per heavy atom. The van der Waals surface area contributed by atoms with Crippen LogP contribution in [0.4, 0.5) is 10.5 Å². The molecule has 0 radical (unpaired) electrons. The molecule has 0 saturated heterocycles. The number of aromatic nitrogens is 1. The number of hydrogen-bond acceptors (Lipinski definition) is 2. The lowest BCUT2D eigenvalue weighted by Crippen LogP contribution is -2.45. The molecule has 2 aromatic rings. The molecule has 1 heterocycles. The molecular formula is C17H25N3O2. The van der Waals surface area contributed by atoms with Gasteiger partial charge in [0.15, 0.2) is 0 Å². The fraction of sp³-hybridized carbons (Fsp3) is 0.471. The number of fused-ring (bicyclic) bond motifs is 1. The topological polar surface area (TPSA) is 66.3 Å². The van der Waals surface area contributed by atoms with Crippen molar-refractivity contribution in [2.45, 2.75) is 39.8 Å². The zero-order chi connectivity index (χ0) is 16.3. The number of rotatable bonds is 5. The van der Waals surface area contributed by atoms with Gasteiger partial charge in [-0.15, -0.1) is 0 Å². The van der Waals surface area contributed by atoms with Gasteiger partial charge in [0.2, 0.25) is 0 Å². The first-order valence-corrected chi connectivity index (χ1v) is 7.69. The van der Waals surface area contributed by atoms with Crippen LogP contribution in [0, 0.1) is 5.92 Å². The third-order valence-corrected chi connectivity index (χ3v) is 4.22. The lowest BCUT2D eigenvalue weighted by Gasteiger charge is -2.27. The summed E-state index contributed by atoms with van der Waals surface area (Å²) in [6.07, 6.45) is 2.04. The van der Waals surface area contributed by atoms with E-state index in [0.29, 0.717) is 0 Å². The van der Waals surface area contributed by atoms with Gasteiger partial charge in [0.1, 0.15) is 0 Å². The van der Waals surface area contributed by atoms with E-state index in [4.69, 9.17) is 0 Å². The molecule has 1 aromatic heterocycles. The molecule has 5 nitrogen and oxygen atoms in total. The highest BCUT2D eigenvalue weighted by molar-refractivity contribution is 5.92. The Morgan fingerprint density at radius 1 is 1.36 bits per heavy atom. The van der Waals surface area contributed by atoms with Crippen LogP contribution in [0.15, 0.2) is 30.5 Å². The first-order valence-electron chi connectivity index (χ1n) is 7.69. The summed E-state index contributed by atoms with van der Waals surface area (Å²) >= 11 is 0. The summed E-state index contributed by atoms with van der Waals surface area (Å²) in [4.78, 5) is 12.0. The smallest absolute Gasteiger partial charge is 0.319 e. The number of urea groups is 1. The van der Waals surface area contributed by atoms with Gasteiger partial charge in [-0.05, 0) is 43.4 Å². The summed E-state index contributed by atoms with van der Waals surface area (Å²) in [5, 5.41) is 16.8. The van der Waals surface area contributed by atoms with Crippen LogP contribution < -0.4 is 10.6 Å². The molecule has 0 aliphatic carbocycles. The average molecular weight is 303 g/mol. The van der Waals surface area contributed by atoms with E-state index < -0.39 is 5.60 Å². The summed E-state index contributed by atoms with van der Waals surface area (Å²) in [5.74, 6) is 0.0666. The fourth-order valence-electron chi connectivity index (χ4n) is 2.18. The number of carbonyl (C=O) groups excluding carboxylic acids is 1. The minimum absolute atomic E-state index is 0.0666. The second-order valence-corrected chi connectivity index (χ2v) is 6.19. The van der Waals surface area contributed by atoms with Crippen LogP contribution in [0.5, 0.6) is 0 Å². The number of nitrogens with one attached hydrogen (secondary N) is 2. The molecule has 2 rings (SSSR count). The highest BCUT2D eigenvalue weighted by Crippen LogP contribution is 2.20. The van der Waals surface area contributed by atoms with Gasteiger partial charge >= 0.3 is 6.03 Å². The van der Waals surface area contributed by atoms with Crippen LogP contribution in [0.1, 0.15) is 27.7 Å². The van der Waals surface area contributed by atoms with Gasteiger partial charge in [0, 0.05) is 25.0 Å². The van der Waals surface area contributed by atoms with Crippen LogP contribution >= 0.6 is 0 Å². The van der Waals surface area contributed by atoms with Crippen LogP contribution in [0.25, 0.3) is 10.9 Å². The Morgan fingerprint density at radius 3 is 2.73 bits per heavy atom. The Labute approximate surface area is 131 Å². The maximum atomic E-state index is 12.0. The van der Waals surface area contributed by atoms with Gasteiger partial charge in [-0.2, -0.15) is 0 Å². The highest BCUT2D eigenvalue weighted by atomic mass is 16.3. The van der Waals surface area contributed by atoms with Crippen molar-refractivity contribution in [2.75, 3.05) is 11.9 Å². The summed E-state index contributed by atoms with van der Waals surface area (Å²) in [6, 6.07) is 7.57. The molecule has 1 atom stereocenters. The first-order chi connectivity index (χ1) is 10.3. The maximum absolute atomic E-state index is 12.0. The zero-order valence-corrected chi connectivity index (χ0v) is 13.7. The average Bonchev–Trinajstić information content (AvgIpc) is 2.87. The molecule has 22 heavy (non-hydrogen) atoms. The second-order valence-electron chi connectivity index (χ2n) is 6.19. The van der Waals surface area contributed by atoms with Crippen molar-refractivity contribution < 1.29 is 9.90 Å². The van der Waals surface area contributed by atoms with E-state index in [2.05, 4.69) is 28.2 Å². The molecule has 1 unspecified atom stereocenters. The molecular weight excluding hydrogens is 278 g/mol. The lowest BCUT2D eigenvalue weighted by atomic mass is 9.93. The van der Waals surface area contributed by atoms with E-state index in [1.807, 2.05) is 38.2 Å². The Hall–Kier alpha value is -2.01. The van der Waals surface area contributed by atoms with Crippen molar-refractivity contribution in [3.05, 3.63) is 30.5 Å². The SMILES string of the molecule is CCn1ccc2ccc(NC(=O)NCC(C)(O)C(C)C)cc21. The summed E-state index contributed by atoms with van der Waals surface area (Å²) in [7, 11) is 0. The van der Waals surface area contributed by atoms with E-state index >= 15 is 0 Å². The largest absolute Gasteiger partial charge is 0.388 e. The molecule has 0 fully saturated rings. The van der Waals surface area contributed by atoms with Gasteiger partial charge in [0.05, 0.1) is 11.1 Å². The number of benzene rings is 1. The Kier molecular flexibility index (Phi) is 4.76.